The van der Waals surface area contributed by atoms with E-state index >= 15 is 0 Å². The minimum atomic E-state index is -4.40. The standard InChI is InChI=1S/C7H5ClF3N/c1-4-2-12-3-5(8)6(4)7(9,10)11/h2-3H,1H3. The molecule has 0 spiro atoms. The molecule has 0 amide bonds. The maximum Gasteiger partial charge on any atom is 0.418 e. The van der Waals surface area contributed by atoms with E-state index < -0.39 is 11.7 Å². The van der Waals surface area contributed by atoms with Crippen molar-refractivity contribution in [1.82, 2.24) is 4.98 Å². The third kappa shape index (κ3) is 1.69. The van der Waals surface area contributed by atoms with E-state index in [2.05, 4.69) is 4.98 Å². The fourth-order valence-electron chi connectivity index (χ4n) is 0.891. The van der Waals surface area contributed by atoms with Gasteiger partial charge in [-0.05, 0) is 12.5 Å². The maximum absolute atomic E-state index is 12.2. The number of pyridine rings is 1. The summed E-state index contributed by atoms with van der Waals surface area (Å²) in [7, 11) is 0. The van der Waals surface area contributed by atoms with Gasteiger partial charge in [-0.1, -0.05) is 11.6 Å². The molecule has 0 saturated carbocycles. The molecule has 1 aromatic heterocycles. The van der Waals surface area contributed by atoms with Gasteiger partial charge in [0, 0.05) is 12.4 Å². The Bertz CT molecular complexity index is 275. The summed E-state index contributed by atoms with van der Waals surface area (Å²) in [6.07, 6.45) is -2.28. The number of hydrogen-bond donors (Lipinski definition) is 0. The molecule has 0 aliphatic rings. The number of alkyl halides is 3. The number of aromatic nitrogens is 1. The van der Waals surface area contributed by atoms with Crippen LogP contribution in [0.15, 0.2) is 12.4 Å². The van der Waals surface area contributed by atoms with Gasteiger partial charge in [0.25, 0.3) is 0 Å². The molecule has 1 aromatic rings. The molecule has 0 atom stereocenters. The first-order valence-corrected chi connectivity index (χ1v) is 3.48. The Morgan fingerprint density at radius 1 is 1.33 bits per heavy atom. The molecule has 0 bridgehead atoms. The van der Waals surface area contributed by atoms with Crippen molar-refractivity contribution < 1.29 is 13.2 Å². The zero-order valence-electron chi connectivity index (χ0n) is 6.11. The summed E-state index contributed by atoms with van der Waals surface area (Å²) in [5.41, 5.74) is -0.769. The van der Waals surface area contributed by atoms with Crippen molar-refractivity contribution in [2.24, 2.45) is 0 Å². The fraction of sp³-hybridized carbons (Fsp3) is 0.286. The number of halogens is 4. The van der Waals surface area contributed by atoms with Crippen molar-refractivity contribution in [3.63, 3.8) is 0 Å². The van der Waals surface area contributed by atoms with Gasteiger partial charge in [0.05, 0.1) is 10.6 Å². The van der Waals surface area contributed by atoms with Gasteiger partial charge in [-0.15, -0.1) is 0 Å². The van der Waals surface area contributed by atoms with Crippen molar-refractivity contribution in [2.75, 3.05) is 0 Å². The van der Waals surface area contributed by atoms with Crippen LogP contribution in [0.1, 0.15) is 11.1 Å². The Labute approximate surface area is 72.2 Å². The summed E-state index contributed by atoms with van der Waals surface area (Å²) >= 11 is 5.33. The highest BCUT2D eigenvalue weighted by atomic mass is 35.5. The maximum atomic E-state index is 12.2. The molecule has 0 aliphatic heterocycles. The molecule has 1 nitrogen and oxygen atoms in total. The Morgan fingerprint density at radius 2 is 1.92 bits per heavy atom. The van der Waals surface area contributed by atoms with Crippen LogP contribution in [0.25, 0.3) is 0 Å². The average molecular weight is 196 g/mol. The molecule has 0 unspecified atom stereocenters. The quantitative estimate of drug-likeness (QED) is 0.620. The van der Waals surface area contributed by atoms with E-state index in [1.54, 1.807) is 0 Å². The Morgan fingerprint density at radius 3 is 2.25 bits per heavy atom. The summed E-state index contributed by atoms with van der Waals surface area (Å²) in [4.78, 5) is 3.53. The summed E-state index contributed by atoms with van der Waals surface area (Å²) in [5.74, 6) is 0. The zero-order valence-corrected chi connectivity index (χ0v) is 6.87. The number of rotatable bonds is 0. The van der Waals surface area contributed by atoms with Crippen LogP contribution < -0.4 is 0 Å². The van der Waals surface area contributed by atoms with Crippen LogP contribution in [0.2, 0.25) is 5.02 Å². The van der Waals surface area contributed by atoms with Gasteiger partial charge in [0.15, 0.2) is 0 Å². The highest BCUT2D eigenvalue weighted by Crippen LogP contribution is 2.35. The third-order valence-electron chi connectivity index (χ3n) is 1.37. The lowest BCUT2D eigenvalue weighted by atomic mass is 10.1. The predicted molar refractivity (Wildman–Crippen MR) is 39.0 cm³/mol. The van der Waals surface area contributed by atoms with Gasteiger partial charge >= 0.3 is 6.18 Å². The normalized spacial score (nSPS) is 11.8. The summed E-state index contributed by atoms with van der Waals surface area (Å²) in [5, 5.41) is -0.359. The Kier molecular flexibility index (Phi) is 2.28. The highest BCUT2D eigenvalue weighted by molar-refractivity contribution is 6.31. The Balaban J connectivity index is 3.31. The minimum Gasteiger partial charge on any atom is -0.263 e. The van der Waals surface area contributed by atoms with Crippen LogP contribution in [0.4, 0.5) is 13.2 Å². The number of nitrogens with zero attached hydrogens (tertiary/aromatic N) is 1. The van der Waals surface area contributed by atoms with Gasteiger partial charge in [-0.25, -0.2) is 0 Å². The summed E-state index contributed by atoms with van der Waals surface area (Å²) < 4.78 is 36.6. The van der Waals surface area contributed by atoms with Crippen molar-refractivity contribution >= 4 is 11.6 Å². The van der Waals surface area contributed by atoms with E-state index in [0.717, 1.165) is 12.4 Å². The topological polar surface area (TPSA) is 12.9 Å². The highest BCUT2D eigenvalue weighted by Gasteiger charge is 2.34. The van der Waals surface area contributed by atoms with E-state index in [9.17, 15) is 13.2 Å². The summed E-state index contributed by atoms with van der Waals surface area (Å²) in [6.45, 7) is 1.32. The monoisotopic (exact) mass is 195 g/mol. The van der Waals surface area contributed by atoms with Crippen LogP contribution in [-0.2, 0) is 6.18 Å². The largest absolute Gasteiger partial charge is 0.418 e. The second-order valence-corrected chi connectivity index (χ2v) is 2.72. The average Bonchev–Trinajstić information content (AvgIpc) is 1.82. The first kappa shape index (κ1) is 9.32. The van der Waals surface area contributed by atoms with Gasteiger partial charge in [-0.2, -0.15) is 13.2 Å². The molecule has 12 heavy (non-hydrogen) atoms. The van der Waals surface area contributed by atoms with Gasteiger partial charge in [-0.3, -0.25) is 4.98 Å². The van der Waals surface area contributed by atoms with Crippen LogP contribution in [-0.4, -0.2) is 4.98 Å². The van der Waals surface area contributed by atoms with Gasteiger partial charge in [0.2, 0.25) is 0 Å². The second-order valence-electron chi connectivity index (χ2n) is 2.31. The lowest BCUT2D eigenvalue weighted by Crippen LogP contribution is -2.08. The number of hydrogen-bond acceptors (Lipinski definition) is 1. The SMILES string of the molecule is Cc1cncc(Cl)c1C(F)(F)F. The molecular formula is C7H5ClF3N. The fourth-order valence-corrected chi connectivity index (χ4v) is 1.20. The lowest BCUT2D eigenvalue weighted by molar-refractivity contribution is -0.138. The zero-order chi connectivity index (χ0) is 9.35. The first-order chi connectivity index (χ1) is 5.43. The van der Waals surface area contributed by atoms with E-state index in [0.29, 0.717) is 0 Å². The molecule has 0 aromatic carbocycles. The molecule has 66 valence electrons. The van der Waals surface area contributed by atoms with Crippen molar-refractivity contribution in [3.05, 3.63) is 28.5 Å². The van der Waals surface area contributed by atoms with Crippen molar-refractivity contribution in [3.8, 4) is 0 Å². The molecule has 0 N–H and O–H groups in total. The van der Waals surface area contributed by atoms with Crippen molar-refractivity contribution in [1.29, 1.82) is 0 Å². The molecule has 0 aliphatic carbocycles. The van der Waals surface area contributed by atoms with Crippen LogP contribution in [0.3, 0.4) is 0 Å². The van der Waals surface area contributed by atoms with E-state index in [1.165, 1.54) is 6.92 Å². The lowest BCUT2D eigenvalue weighted by Gasteiger charge is -2.10. The predicted octanol–water partition coefficient (Wildman–Crippen LogP) is 3.06. The first-order valence-electron chi connectivity index (χ1n) is 3.10. The van der Waals surface area contributed by atoms with E-state index in [4.69, 9.17) is 11.6 Å². The number of aryl methyl sites for hydroxylation is 1. The molecular weight excluding hydrogens is 191 g/mol. The van der Waals surface area contributed by atoms with Crippen LogP contribution >= 0.6 is 11.6 Å². The van der Waals surface area contributed by atoms with Crippen LogP contribution in [0.5, 0.6) is 0 Å². The smallest absolute Gasteiger partial charge is 0.263 e. The van der Waals surface area contributed by atoms with Gasteiger partial charge in [0.1, 0.15) is 0 Å². The molecule has 0 fully saturated rings. The van der Waals surface area contributed by atoms with Crippen molar-refractivity contribution in [2.45, 2.75) is 13.1 Å². The van der Waals surface area contributed by atoms with E-state index in [-0.39, 0.29) is 10.6 Å². The molecule has 0 saturated heterocycles. The molecule has 0 radical (unpaired) electrons. The molecule has 1 heterocycles. The van der Waals surface area contributed by atoms with Gasteiger partial charge < -0.3 is 0 Å². The summed E-state index contributed by atoms with van der Waals surface area (Å²) in [6, 6.07) is 0. The molecule has 5 heteroatoms. The third-order valence-corrected chi connectivity index (χ3v) is 1.66. The van der Waals surface area contributed by atoms with Crippen LogP contribution in [0, 0.1) is 6.92 Å². The second kappa shape index (κ2) is 2.94. The Hall–Kier alpha value is -0.770. The minimum absolute atomic E-state index is 0.0370. The van der Waals surface area contributed by atoms with E-state index in [1.807, 2.05) is 0 Å². The molecule has 1 rings (SSSR count).